The second kappa shape index (κ2) is 9.12. The van der Waals surface area contributed by atoms with Crippen LogP contribution in [-0.2, 0) is 27.3 Å². The predicted molar refractivity (Wildman–Crippen MR) is 92.5 cm³/mol. The van der Waals surface area contributed by atoms with Crippen LogP contribution in [0.15, 0.2) is 39.4 Å². The van der Waals surface area contributed by atoms with Gasteiger partial charge in [-0.15, -0.1) is 0 Å². The van der Waals surface area contributed by atoms with E-state index in [2.05, 4.69) is 21.2 Å². The number of rotatable bonds is 8. The van der Waals surface area contributed by atoms with Gasteiger partial charge in [0.1, 0.15) is 5.76 Å². The van der Waals surface area contributed by atoms with E-state index in [0.717, 1.165) is 0 Å². The molecule has 7 nitrogen and oxygen atoms in total. The maximum atomic E-state index is 11.9. The van der Waals surface area contributed by atoms with Gasteiger partial charge in [0.05, 0.1) is 33.4 Å². The van der Waals surface area contributed by atoms with E-state index in [4.69, 9.17) is 18.6 Å². The van der Waals surface area contributed by atoms with Crippen LogP contribution in [0, 0.1) is 0 Å². The van der Waals surface area contributed by atoms with Crippen molar-refractivity contribution in [1.29, 1.82) is 0 Å². The summed E-state index contributed by atoms with van der Waals surface area (Å²) >= 11 is 3.37. The Kier molecular flexibility index (Phi) is 6.88. The van der Waals surface area contributed by atoms with Crippen molar-refractivity contribution in [3.05, 3.63) is 46.3 Å². The van der Waals surface area contributed by atoms with Crippen LogP contribution < -0.4 is 14.8 Å². The molecule has 25 heavy (non-hydrogen) atoms. The van der Waals surface area contributed by atoms with E-state index in [1.54, 1.807) is 24.3 Å². The number of carbonyl (C=O) groups excluding carboxylic acids is 2. The van der Waals surface area contributed by atoms with Crippen molar-refractivity contribution >= 4 is 27.8 Å². The molecule has 1 aromatic heterocycles. The maximum Gasteiger partial charge on any atom is 0.310 e. The standard InChI is InChI=1S/C17H18BrNO6/c1-22-14-6-11(13(18)8-15(14)23-2)7-17(21)25-10-16(20)19-9-12-4-3-5-24-12/h3-6,8H,7,9-10H2,1-2H3,(H,19,20). The summed E-state index contributed by atoms with van der Waals surface area (Å²) in [4.78, 5) is 23.6. The molecule has 134 valence electrons. The Hall–Kier alpha value is -2.48. The fourth-order valence-electron chi connectivity index (χ4n) is 2.03. The van der Waals surface area contributed by atoms with Crippen molar-refractivity contribution in [2.24, 2.45) is 0 Å². The van der Waals surface area contributed by atoms with E-state index in [0.29, 0.717) is 27.3 Å². The molecule has 0 saturated heterocycles. The smallest absolute Gasteiger partial charge is 0.310 e. The number of methoxy groups -OCH3 is 2. The van der Waals surface area contributed by atoms with E-state index in [-0.39, 0.29) is 19.6 Å². The second-order valence-electron chi connectivity index (χ2n) is 4.99. The Morgan fingerprint density at radius 2 is 1.92 bits per heavy atom. The summed E-state index contributed by atoms with van der Waals surface area (Å²) < 4.78 is 21.2. The lowest BCUT2D eigenvalue weighted by molar-refractivity contribution is -0.147. The number of halogens is 1. The van der Waals surface area contributed by atoms with Crippen LogP contribution in [0.4, 0.5) is 0 Å². The number of ether oxygens (including phenoxy) is 3. The molecule has 1 heterocycles. The molecule has 1 amide bonds. The Bertz CT molecular complexity index is 729. The van der Waals surface area contributed by atoms with E-state index in [1.165, 1.54) is 20.5 Å². The number of benzene rings is 1. The zero-order valence-corrected chi connectivity index (χ0v) is 15.4. The van der Waals surface area contributed by atoms with Crippen LogP contribution in [0.3, 0.4) is 0 Å². The molecule has 0 bridgehead atoms. The molecule has 2 rings (SSSR count). The summed E-state index contributed by atoms with van der Waals surface area (Å²) in [6, 6.07) is 6.85. The molecule has 1 N–H and O–H groups in total. The highest BCUT2D eigenvalue weighted by Crippen LogP contribution is 2.33. The minimum atomic E-state index is -0.527. The molecule has 0 fully saturated rings. The van der Waals surface area contributed by atoms with Gasteiger partial charge in [-0.3, -0.25) is 9.59 Å². The van der Waals surface area contributed by atoms with Gasteiger partial charge in [-0.2, -0.15) is 0 Å². The average Bonchev–Trinajstić information content (AvgIpc) is 3.13. The number of nitrogens with one attached hydrogen (secondary N) is 1. The molecular formula is C17H18BrNO6. The Balaban J connectivity index is 1.84. The molecule has 0 spiro atoms. The summed E-state index contributed by atoms with van der Waals surface area (Å²) in [5, 5.41) is 2.59. The fourth-order valence-corrected chi connectivity index (χ4v) is 2.50. The quantitative estimate of drug-likeness (QED) is 0.671. The monoisotopic (exact) mass is 411 g/mol. The largest absolute Gasteiger partial charge is 0.493 e. The number of amides is 1. The molecule has 0 aliphatic carbocycles. The SMILES string of the molecule is COc1cc(Br)c(CC(=O)OCC(=O)NCc2ccco2)cc1OC. The van der Waals surface area contributed by atoms with Crippen LogP contribution in [-0.4, -0.2) is 32.7 Å². The molecule has 0 unspecified atom stereocenters. The van der Waals surface area contributed by atoms with Crippen molar-refractivity contribution in [3.63, 3.8) is 0 Å². The van der Waals surface area contributed by atoms with E-state index >= 15 is 0 Å². The molecule has 2 aromatic rings. The lowest BCUT2D eigenvalue weighted by atomic mass is 10.1. The Labute approximate surface area is 153 Å². The number of hydrogen-bond donors (Lipinski definition) is 1. The first kappa shape index (κ1) is 18.9. The summed E-state index contributed by atoms with van der Waals surface area (Å²) in [6.45, 7) is -0.116. The van der Waals surface area contributed by atoms with Gasteiger partial charge in [-0.25, -0.2) is 0 Å². The van der Waals surface area contributed by atoms with Crippen LogP contribution >= 0.6 is 15.9 Å². The third kappa shape index (κ3) is 5.53. The van der Waals surface area contributed by atoms with Gasteiger partial charge in [-0.1, -0.05) is 15.9 Å². The third-order valence-electron chi connectivity index (χ3n) is 3.29. The highest BCUT2D eigenvalue weighted by molar-refractivity contribution is 9.10. The number of carbonyl (C=O) groups is 2. The molecule has 0 radical (unpaired) electrons. The second-order valence-corrected chi connectivity index (χ2v) is 5.85. The van der Waals surface area contributed by atoms with Gasteiger partial charge in [0.2, 0.25) is 0 Å². The Morgan fingerprint density at radius 3 is 2.56 bits per heavy atom. The van der Waals surface area contributed by atoms with Crippen molar-refractivity contribution in [3.8, 4) is 11.5 Å². The first-order valence-corrected chi connectivity index (χ1v) is 8.18. The molecule has 1 aromatic carbocycles. The molecule has 0 saturated carbocycles. The summed E-state index contributed by atoms with van der Waals surface area (Å²) in [6.07, 6.45) is 1.51. The van der Waals surface area contributed by atoms with Gasteiger partial charge in [0.15, 0.2) is 18.1 Å². The third-order valence-corrected chi connectivity index (χ3v) is 4.03. The zero-order chi connectivity index (χ0) is 18.2. The van der Waals surface area contributed by atoms with Crippen LogP contribution in [0.1, 0.15) is 11.3 Å². The lowest BCUT2D eigenvalue weighted by Gasteiger charge is -2.11. The van der Waals surface area contributed by atoms with Gasteiger partial charge >= 0.3 is 5.97 Å². The van der Waals surface area contributed by atoms with Crippen LogP contribution in [0.5, 0.6) is 11.5 Å². The van der Waals surface area contributed by atoms with Gasteiger partial charge in [0, 0.05) is 4.47 Å². The van der Waals surface area contributed by atoms with Crippen molar-refractivity contribution in [2.75, 3.05) is 20.8 Å². The topological polar surface area (TPSA) is 87.0 Å². The lowest BCUT2D eigenvalue weighted by Crippen LogP contribution is -2.28. The fraction of sp³-hybridized carbons (Fsp3) is 0.294. The molecular weight excluding hydrogens is 394 g/mol. The van der Waals surface area contributed by atoms with Crippen molar-refractivity contribution in [2.45, 2.75) is 13.0 Å². The van der Waals surface area contributed by atoms with Crippen LogP contribution in [0.2, 0.25) is 0 Å². The minimum Gasteiger partial charge on any atom is -0.493 e. The summed E-state index contributed by atoms with van der Waals surface area (Å²) in [7, 11) is 3.04. The maximum absolute atomic E-state index is 11.9. The van der Waals surface area contributed by atoms with Gasteiger partial charge in [-0.05, 0) is 29.8 Å². The van der Waals surface area contributed by atoms with E-state index in [1.807, 2.05) is 0 Å². The molecule has 8 heteroatoms. The predicted octanol–water partition coefficient (Wildman–Crippen LogP) is 2.46. The number of hydrogen-bond acceptors (Lipinski definition) is 6. The molecule has 0 aliphatic rings. The van der Waals surface area contributed by atoms with Crippen LogP contribution in [0.25, 0.3) is 0 Å². The van der Waals surface area contributed by atoms with E-state index in [9.17, 15) is 9.59 Å². The minimum absolute atomic E-state index is 0.00754. The normalized spacial score (nSPS) is 10.2. The highest BCUT2D eigenvalue weighted by atomic mass is 79.9. The van der Waals surface area contributed by atoms with E-state index < -0.39 is 11.9 Å². The summed E-state index contributed by atoms with van der Waals surface area (Å²) in [5.74, 6) is 0.736. The average molecular weight is 412 g/mol. The van der Waals surface area contributed by atoms with Crippen molar-refractivity contribution < 1.29 is 28.2 Å². The van der Waals surface area contributed by atoms with Gasteiger partial charge < -0.3 is 23.9 Å². The molecule has 0 atom stereocenters. The van der Waals surface area contributed by atoms with Gasteiger partial charge in [0.25, 0.3) is 5.91 Å². The number of esters is 1. The Morgan fingerprint density at radius 1 is 1.20 bits per heavy atom. The summed E-state index contributed by atoms with van der Waals surface area (Å²) in [5.41, 5.74) is 0.665. The highest BCUT2D eigenvalue weighted by Gasteiger charge is 2.14. The molecule has 0 aliphatic heterocycles. The first-order valence-electron chi connectivity index (χ1n) is 7.38. The zero-order valence-electron chi connectivity index (χ0n) is 13.8. The van der Waals surface area contributed by atoms with Crippen molar-refractivity contribution in [1.82, 2.24) is 5.32 Å². The number of furan rings is 1. The first-order chi connectivity index (χ1) is 12.0.